The molecule has 0 fully saturated rings. The van der Waals surface area contributed by atoms with Gasteiger partial charge in [0.2, 0.25) is 6.79 Å². The van der Waals surface area contributed by atoms with Gasteiger partial charge >= 0.3 is 0 Å². The summed E-state index contributed by atoms with van der Waals surface area (Å²) in [6.07, 6.45) is 4.81. The van der Waals surface area contributed by atoms with Crippen LogP contribution >= 0.6 is 24.0 Å². The van der Waals surface area contributed by atoms with E-state index in [1.807, 2.05) is 59.4 Å². The molecular weight excluding hydrogens is 481 g/mol. The minimum Gasteiger partial charge on any atom is -0.454 e. The van der Waals surface area contributed by atoms with E-state index in [-0.39, 0.29) is 30.8 Å². The van der Waals surface area contributed by atoms with Crippen molar-refractivity contribution in [2.75, 3.05) is 20.4 Å². The Bertz CT molecular complexity index is 959. The van der Waals surface area contributed by atoms with E-state index >= 15 is 0 Å². The molecule has 0 radical (unpaired) electrons. The van der Waals surface area contributed by atoms with Gasteiger partial charge in [-0.2, -0.15) is 5.10 Å². The molecule has 1 aliphatic heterocycles. The number of hydrogen-bond acceptors (Lipinski definition) is 4. The monoisotopic (exact) mass is 505 g/mol. The maximum absolute atomic E-state index is 5.42. The van der Waals surface area contributed by atoms with Crippen LogP contribution in [-0.4, -0.2) is 36.1 Å². The molecule has 0 amide bonds. The van der Waals surface area contributed by atoms with Crippen molar-refractivity contribution in [2.45, 2.75) is 13.0 Å². The quantitative estimate of drug-likeness (QED) is 0.306. The van der Waals surface area contributed by atoms with E-state index in [9.17, 15) is 0 Å². The Hall–Kier alpha value is -2.75. The number of halogens is 1. The molecule has 0 atom stereocenters. The molecule has 152 valence electrons. The van der Waals surface area contributed by atoms with Crippen LogP contribution in [0.15, 0.2) is 65.9 Å². The zero-order valence-electron chi connectivity index (χ0n) is 16.2. The summed E-state index contributed by atoms with van der Waals surface area (Å²) < 4.78 is 12.6. The Balaban J connectivity index is 0.00000240. The molecule has 0 spiro atoms. The second kappa shape index (κ2) is 10.1. The molecule has 0 unspecified atom stereocenters. The van der Waals surface area contributed by atoms with Gasteiger partial charge in [0.1, 0.15) is 0 Å². The Morgan fingerprint density at radius 2 is 1.90 bits per heavy atom. The van der Waals surface area contributed by atoms with Gasteiger partial charge in [0, 0.05) is 26.3 Å². The van der Waals surface area contributed by atoms with Gasteiger partial charge in [0.25, 0.3) is 0 Å². The van der Waals surface area contributed by atoms with Crippen molar-refractivity contribution in [3.8, 4) is 17.2 Å². The first kappa shape index (κ1) is 21.0. The standard InChI is InChI=1S/C21H23N5O2.HI/c1-22-21(24-12-16-7-8-19-20(11-16)28-15-27-19)23-10-9-17-13-25-26(14-17)18-5-3-2-4-6-18;/h2-8,11,13-14H,9-10,12,15H2,1H3,(H2,22,23,24);1H. The van der Waals surface area contributed by atoms with E-state index in [4.69, 9.17) is 9.47 Å². The summed E-state index contributed by atoms with van der Waals surface area (Å²) in [5, 5.41) is 11.1. The molecule has 4 rings (SSSR count). The first-order chi connectivity index (χ1) is 13.8. The number of nitrogens with zero attached hydrogens (tertiary/aromatic N) is 3. The zero-order chi connectivity index (χ0) is 19.2. The highest BCUT2D eigenvalue weighted by atomic mass is 127. The van der Waals surface area contributed by atoms with E-state index in [0.29, 0.717) is 6.54 Å². The van der Waals surface area contributed by atoms with Gasteiger partial charge < -0.3 is 20.1 Å². The number of benzene rings is 2. The normalized spacial score (nSPS) is 12.4. The molecule has 0 aliphatic carbocycles. The molecule has 2 heterocycles. The van der Waals surface area contributed by atoms with Crippen LogP contribution in [0.3, 0.4) is 0 Å². The lowest BCUT2D eigenvalue weighted by molar-refractivity contribution is 0.174. The van der Waals surface area contributed by atoms with Crippen molar-refractivity contribution in [3.05, 3.63) is 72.1 Å². The Kier molecular flexibility index (Phi) is 7.34. The lowest BCUT2D eigenvalue weighted by Gasteiger charge is -2.12. The second-order valence-corrected chi connectivity index (χ2v) is 6.42. The fourth-order valence-electron chi connectivity index (χ4n) is 2.99. The molecule has 2 N–H and O–H groups in total. The highest BCUT2D eigenvalue weighted by molar-refractivity contribution is 14.0. The molecule has 29 heavy (non-hydrogen) atoms. The predicted molar refractivity (Wildman–Crippen MR) is 123 cm³/mol. The summed E-state index contributed by atoms with van der Waals surface area (Å²) in [5.74, 6) is 2.34. The number of para-hydroxylation sites is 1. The Labute approximate surface area is 187 Å². The summed E-state index contributed by atoms with van der Waals surface area (Å²) >= 11 is 0. The van der Waals surface area contributed by atoms with E-state index in [0.717, 1.165) is 41.7 Å². The zero-order valence-corrected chi connectivity index (χ0v) is 18.5. The van der Waals surface area contributed by atoms with Gasteiger partial charge in [0.15, 0.2) is 17.5 Å². The van der Waals surface area contributed by atoms with Crippen molar-refractivity contribution < 1.29 is 9.47 Å². The van der Waals surface area contributed by atoms with Crippen LogP contribution in [0.2, 0.25) is 0 Å². The van der Waals surface area contributed by atoms with E-state index in [1.54, 1.807) is 7.05 Å². The number of nitrogens with one attached hydrogen (secondary N) is 2. The number of hydrogen-bond donors (Lipinski definition) is 2. The first-order valence-electron chi connectivity index (χ1n) is 9.24. The minimum absolute atomic E-state index is 0. The minimum atomic E-state index is 0. The molecule has 1 aliphatic rings. The molecule has 1 aromatic heterocycles. The van der Waals surface area contributed by atoms with E-state index in [1.165, 1.54) is 5.56 Å². The van der Waals surface area contributed by atoms with Crippen molar-refractivity contribution in [2.24, 2.45) is 4.99 Å². The summed E-state index contributed by atoms with van der Waals surface area (Å²) in [6.45, 7) is 1.71. The SMILES string of the molecule is CN=C(NCCc1cnn(-c2ccccc2)c1)NCc1ccc2c(c1)OCO2.I. The fraction of sp³-hybridized carbons (Fsp3) is 0.238. The lowest BCUT2D eigenvalue weighted by atomic mass is 10.2. The third-order valence-electron chi connectivity index (χ3n) is 4.48. The average molecular weight is 505 g/mol. The molecule has 0 saturated heterocycles. The summed E-state index contributed by atoms with van der Waals surface area (Å²) in [5.41, 5.74) is 3.34. The third-order valence-corrected chi connectivity index (χ3v) is 4.48. The van der Waals surface area contributed by atoms with Gasteiger partial charge in [-0.25, -0.2) is 4.68 Å². The van der Waals surface area contributed by atoms with Gasteiger partial charge in [-0.3, -0.25) is 4.99 Å². The third kappa shape index (κ3) is 5.41. The van der Waals surface area contributed by atoms with Crippen LogP contribution < -0.4 is 20.1 Å². The average Bonchev–Trinajstić information content (AvgIpc) is 3.40. The van der Waals surface area contributed by atoms with Crippen molar-refractivity contribution >= 4 is 29.9 Å². The predicted octanol–water partition coefficient (Wildman–Crippen LogP) is 3.13. The van der Waals surface area contributed by atoms with Gasteiger partial charge in [-0.15, -0.1) is 24.0 Å². The number of ether oxygens (including phenoxy) is 2. The van der Waals surface area contributed by atoms with E-state index < -0.39 is 0 Å². The van der Waals surface area contributed by atoms with Gasteiger partial charge in [0.05, 0.1) is 11.9 Å². The maximum atomic E-state index is 5.42. The molecule has 2 aromatic carbocycles. The first-order valence-corrected chi connectivity index (χ1v) is 9.24. The molecular formula is C21H24IN5O2. The smallest absolute Gasteiger partial charge is 0.231 e. The highest BCUT2D eigenvalue weighted by Gasteiger charge is 2.13. The Morgan fingerprint density at radius 1 is 1.07 bits per heavy atom. The van der Waals surface area contributed by atoms with E-state index in [2.05, 4.69) is 26.9 Å². The number of guanidine groups is 1. The number of rotatable bonds is 6. The molecule has 7 nitrogen and oxygen atoms in total. The van der Waals surface area contributed by atoms with Crippen molar-refractivity contribution in [1.29, 1.82) is 0 Å². The number of aromatic nitrogens is 2. The van der Waals surface area contributed by atoms with Crippen molar-refractivity contribution in [1.82, 2.24) is 20.4 Å². The number of fused-ring (bicyclic) bond motifs is 1. The van der Waals surface area contributed by atoms with Crippen LogP contribution in [-0.2, 0) is 13.0 Å². The maximum Gasteiger partial charge on any atom is 0.231 e. The van der Waals surface area contributed by atoms with Gasteiger partial charge in [-0.1, -0.05) is 24.3 Å². The summed E-state index contributed by atoms with van der Waals surface area (Å²) in [7, 11) is 1.77. The highest BCUT2D eigenvalue weighted by Crippen LogP contribution is 2.32. The van der Waals surface area contributed by atoms with Gasteiger partial charge in [-0.05, 0) is 41.8 Å². The summed E-state index contributed by atoms with van der Waals surface area (Å²) in [6, 6.07) is 16.0. The van der Waals surface area contributed by atoms with Crippen LogP contribution in [0, 0.1) is 0 Å². The second-order valence-electron chi connectivity index (χ2n) is 6.42. The van der Waals surface area contributed by atoms with Crippen LogP contribution in [0.25, 0.3) is 5.69 Å². The lowest BCUT2D eigenvalue weighted by Crippen LogP contribution is -2.37. The van der Waals surface area contributed by atoms with Crippen LogP contribution in [0.4, 0.5) is 0 Å². The topological polar surface area (TPSA) is 72.7 Å². The molecule has 8 heteroatoms. The van der Waals surface area contributed by atoms with Crippen molar-refractivity contribution in [3.63, 3.8) is 0 Å². The largest absolute Gasteiger partial charge is 0.454 e. The molecule has 3 aromatic rings. The molecule has 0 bridgehead atoms. The fourth-order valence-corrected chi connectivity index (χ4v) is 2.99. The van der Waals surface area contributed by atoms with Crippen LogP contribution in [0.1, 0.15) is 11.1 Å². The van der Waals surface area contributed by atoms with Crippen LogP contribution in [0.5, 0.6) is 11.5 Å². The summed E-state index contributed by atoms with van der Waals surface area (Å²) in [4.78, 5) is 4.28. The Morgan fingerprint density at radius 3 is 2.72 bits per heavy atom. The molecule has 0 saturated carbocycles. The number of aliphatic imine (C=N–C) groups is 1.